The van der Waals surface area contributed by atoms with E-state index in [1.807, 2.05) is 0 Å². The Balaban J connectivity index is 2.23. The summed E-state index contributed by atoms with van der Waals surface area (Å²) in [4.78, 5) is 0. The van der Waals surface area contributed by atoms with Gasteiger partial charge >= 0.3 is 0 Å². The van der Waals surface area contributed by atoms with Crippen molar-refractivity contribution >= 4 is 11.8 Å². The molecule has 3 atom stereocenters. The van der Waals surface area contributed by atoms with Gasteiger partial charge in [-0.25, -0.2) is 0 Å². The summed E-state index contributed by atoms with van der Waals surface area (Å²) in [5.74, 6) is 2.13. The molecule has 0 aromatic rings. The van der Waals surface area contributed by atoms with Crippen LogP contribution in [0.2, 0.25) is 0 Å². The summed E-state index contributed by atoms with van der Waals surface area (Å²) >= 11 is 2.14. The summed E-state index contributed by atoms with van der Waals surface area (Å²) in [6.07, 6.45) is 8.68. The van der Waals surface area contributed by atoms with Gasteiger partial charge < -0.3 is 0 Å². The lowest BCUT2D eigenvalue weighted by Crippen LogP contribution is -2.43. The maximum atomic E-state index is 9.37. The third-order valence-electron chi connectivity index (χ3n) is 4.32. The van der Waals surface area contributed by atoms with Crippen LogP contribution in [0.25, 0.3) is 0 Å². The first-order chi connectivity index (χ1) is 9.15. The fraction of sp³-hybridized carbons (Fsp3) is 0.938. The third kappa shape index (κ3) is 5.75. The molecule has 0 heterocycles. The van der Waals surface area contributed by atoms with Crippen LogP contribution in [0.1, 0.15) is 65.7 Å². The van der Waals surface area contributed by atoms with Crippen LogP contribution >= 0.6 is 11.8 Å². The number of nitrogens with zero attached hydrogens (tertiary/aromatic N) is 1. The van der Waals surface area contributed by atoms with Crippen molar-refractivity contribution in [2.45, 2.75) is 76.5 Å². The zero-order valence-electron chi connectivity index (χ0n) is 12.9. The van der Waals surface area contributed by atoms with Gasteiger partial charge in [0, 0.05) is 5.25 Å². The molecule has 0 aromatic carbocycles. The van der Waals surface area contributed by atoms with Crippen molar-refractivity contribution in [3.63, 3.8) is 0 Å². The van der Waals surface area contributed by atoms with Crippen molar-refractivity contribution in [2.75, 3.05) is 12.3 Å². The van der Waals surface area contributed by atoms with E-state index in [0.717, 1.165) is 37.0 Å². The van der Waals surface area contributed by atoms with Crippen LogP contribution in [0.3, 0.4) is 0 Å². The SMILES string of the molecule is CCNC(C#N)(CC)CCCSC1CCCC(C)C1. The summed E-state index contributed by atoms with van der Waals surface area (Å²) < 4.78 is 0. The van der Waals surface area contributed by atoms with Crippen molar-refractivity contribution in [3.8, 4) is 6.07 Å². The largest absolute Gasteiger partial charge is 0.300 e. The van der Waals surface area contributed by atoms with Crippen molar-refractivity contribution in [3.05, 3.63) is 0 Å². The molecule has 0 radical (unpaired) electrons. The first kappa shape index (κ1) is 16.9. The highest BCUT2D eigenvalue weighted by atomic mass is 32.2. The molecule has 1 rings (SSSR count). The molecule has 1 saturated carbocycles. The first-order valence-corrected chi connectivity index (χ1v) is 8.98. The highest BCUT2D eigenvalue weighted by Gasteiger charge is 2.26. The molecule has 0 aliphatic heterocycles. The molecule has 3 unspecified atom stereocenters. The van der Waals surface area contributed by atoms with E-state index in [4.69, 9.17) is 0 Å². The molecule has 1 fully saturated rings. The summed E-state index contributed by atoms with van der Waals surface area (Å²) in [5, 5.41) is 13.6. The standard InChI is InChI=1S/C16H30N2S/c1-4-16(13-17,18-5-2)10-7-11-19-15-9-6-8-14(3)12-15/h14-15,18H,4-12H2,1-3H3. The van der Waals surface area contributed by atoms with Crippen molar-refractivity contribution < 1.29 is 0 Å². The molecule has 0 saturated heterocycles. The summed E-state index contributed by atoms with van der Waals surface area (Å²) in [5.41, 5.74) is -0.283. The van der Waals surface area contributed by atoms with E-state index in [1.54, 1.807) is 0 Å². The molecular formula is C16H30N2S. The van der Waals surface area contributed by atoms with E-state index in [0.29, 0.717) is 0 Å². The Labute approximate surface area is 123 Å². The average Bonchev–Trinajstić information content (AvgIpc) is 2.42. The minimum absolute atomic E-state index is 0.283. The Bertz CT molecular complexity index is 287. The highest BCUT2D eigenvalue weighted by molar-refractivity contribution is 7.99. The van der Waals surface area contributed by atoms with Gasteiger partial charge in [0.15, 0.2) is 0 Å². The quantitative estimate of drug-likeness (QED) is 0.672. The minimum Gasteiger partial charge on any atom is -0.300 e. The molecule has 0 aromatic heterocycles. The molecule has 0 amide bonds. The number of nitriles is 1. The van der Waals surface area contributed by atoms with Crippen LogP contribution in [0.15, 0.2) is 0 Å². The molecule has 3 heteroatoms. The smallest absolute Gasteiger partial charge is 0.106 e. The lowest BCUT2D eigenvalue weighted by Gasteiger charge is -2.28. The minimum atomic E-state index is -0.283. The number of hydrogen-bond donors (Lipinski definition) is 1. The maximum Gasteiger partial charge on any atom is 0.106 e. The summed E-state index contributed by atoms with van der Waals surface area (Å²) in [6, 6.07) is 2.49. The number of hydrogen-bond acceptors (Lipinski definition) is 3. The topological polar surface area (TPSA) is 35.8 Å². The fourth-order valence-corrected chi connectivity index (χ4v) is 4.50. The van der Waals surface area contributed by atoms with Crippen molar-refractivity contribution in [1.82, 2.24) is 5.32 Å². The van der Waals surface area contributed by atoms with E-state index < -0.39 is 0 Å². The molecule has 19 heavy (non-hydrogen) atoms. The van der Waals surface area contributed by atoms with Gasteiger partial charge in [-0.3, -0.25) is 5.32 Å². The van der Waals surface area contributed by atoms with Crippen molar-refractivity contribution in [1.29, 1.82) is 5.26 Å². The second kappa shape index (κ2) is 8.87. The Hall–Kier alpha value is -0.200. The van der Waals surface area contributed by atoms with Crippen LogP contribution in [0, 0.1) is 17.2 Å². The van der Waals surface area contributed by atoms with E-state index in [-0.39, 0.29) is 5.54 Å². The predicted octanol–water partition coefficient (Wildman–Crippen LogP) is 4.36. The Morgan fingerprint density at radius 2 is 2.16 bits per heavy atom. The molecule has 1 aliphatic carbocycles. The van der Waals surface area contributed by atoms with Crippen LogP contribution in [0.4, 0.5) is 0 Å². The number of thioether (sulfide) groups is 1. The van der Waals surface area contributed by atoms with E-state index >= 15 is 0 Å². The normalized spacial score (nSPS) is 26.6. The van der Waals surface area contributed by atoms with E-state index in [2.05, 4.69) is 43.9 Å². The highest BCUT2D eigenvalue weighted by Crippen LogP contribution is 2.32. The zero-order chi connectivity index (χ0) is 14.1. The molecule has 0 spiro atoms. The predicted molar refractivity (Wildman–Crippen MR) is 85.4 cm³/mol. The van der Waals surface area contributed by atoms with Gasteiger partial charge in [0.1, 0.15) is 5.54 Å². The Morgan fingerprint density at radius 1 is 1.37 bits per heavy atom. The van der Waals surface area contributed by atoms with Gasteiger partial charge in [0.25, 0.3) is 0 Å². The number of nitrogens with one attached hydrogen (secondary N) is 1. The van der Waals surface area contributed by atoms with Crippen LogP contribution in [-0.2, 0) is 0 Å². The van der Waals surface area contributed by atoms with Gasteiger partial charge in [-0.2, -0.15) is 17.0 Å². The van der Waals surface area contributed by atoms with E-state index in [1.165, 1.54) is 31.4 Å². The lowest BCUT2D eigenvalue weighted by atomic mass is 9.90. The second-order valence-corrected chi connectivity index (χ2v) is 7.35. The third-order valence-corrected chi connectivity index (χ3v) is 5.75. The van der Waals surface area contributed by atoms with Crippen molar-refractivity contribution in [2.24, 2.45) is 5.92 Å². The molecule has 0 bridgehead atoms. The van der Waals surface area contributed by atoms with Gasteiger partial charge in [-0.15, -0.1) is 0 Å². The van der Waals surface area contributed by atoms with Crippen LogP contribution in [-0.4, -0.2) is 23.1 Å². The van der Waals surface area contributed by atoms with Gasteiger partial charge in [-0.05, 0) is 50.3 Å². The monoisotopic (exact) mass is 282 g/mol. The summed E-state index contributed by atoms with van der Waals surface area (Å²) in [6.45, 7) is 7.46. The zero-order valence-corrected chi connectivity index (χ0v) is 13.7. The van der Waals surface area contributed by atoms with Gasteiger partial charge in [0.05, 0.1) is 6.07 Å². The van der Waals surface area contributed by atoms with Crippen LogP contribution in [0.5, 0.6) is 0 Å². The van der Waals surface area contributed by atoms with Gasteiger partial charge in [-0.1, -0.05) is 33.6 Å². The van der Waals surface area contributed by atoms with Crippen LogP contribution < -0.4 is 5.32 Å². The lowest BCUT2D eigenvalue weighted by molar-refractivity contribution is 0.378. The average molecular weight is 282 g/mol. The molecule has 2 nitrogen and oxygen atoms in total. The molecular weight excluding hydrogens is 252 g/mol. The van der Waals surface area contributed by atoms with Gasteiger partial charge in [0.2, 0.25) is 0 Å². The molecule has 1 aliphatic rings. The Morgan fingerprint density at radius 3 is 2.74 bits per heavy atom. The maximum absolute atomic E-state index is 9.37. The summed E-state index contributed by atoms with van der Waals surface area (Å²) in [7, 11) is 0. The molecule has 1 N–H and O–H groups in total. The first-order valence-electron chi connectivity index (χ1n) is 7.93. The molecule has 110 valence electrons. The second-order valence-electron chi connectivity index (χ2n) is 5.95. The fourth-order valence-electron chi connectivity index (χ4n) is 3.06. The Kier molecular flexibility index (Phi) is 7.87. The van der Waals surface area contributed by atoms with E-state index in [9.17, 15) is 5.26 Å². The number of rotatable bonds is 8.